The molecule has 0 aromatic rings. The highest BCUT2D eigenvalue weighted by atomic mass is 35.5. The van der Waals surface area contributed by atoms with Gasteiger partial charge in [-0.25, -0.2) is 4.99 Å². The minimum atomic E-state index is -0.430. The maximum Gasteiger partial charge on any atom is 0.243 e. The van der Waals surface area contributed by atoms with Crippen LogP contribution in [-0.2, 0) is 9.59 Å². The number of ketones is 1. The van der Waals surface area contributed by atoms with Crippen LogP contribution in [0.5, 0.6) is 0 Å². The molecule has 0 unspecified atom stereocenters. The third-order valence-corrected chi connectivity index (χ3v) is 1.52. The van der Waals surface area contributed by atoms with Crippen molar-refractivity contribution in [2.75, 3.05) is 0 Å². The first-order chi connectivity index (χ1) is 5.61. The van der Waals surface area contributed by atoms with Crippen molar-refractivity contribution in [3.63, 3.8) is 0 Å². The zero-order valence-corrected chi connectivity index (χ0v) is 7.13. The summed E-state index contributed by atoms with van der Waals surface area (Å²) >= 11 is 5.63. The second kappa shape index (κ2) is 3.45. The number of hydrogen-bond acceptors (Lipinski definition) is 2. The van der Waals surface area contributed by atoms with Gasteiger partial charge in [0.2, 0.25) is 11.7 Å². The Morgan fingerprint density at radius 2 is 2.25 bits per heavy atom. The Bertz CT molecular complexity index is 326. The largest absolute Gasteiger partial charge is 0.287 e. The number of halogens is 1. The lowest BCUT2D eigenvalue weighted by atomic mass is 10.1. The van der Waals surface area contributed by atoms with Crippen LogP contribution < -0.4 is 0 Å². The van der Waals surface area contributed by atoms with E-state index < -0.39 is 5.91 Å². The lowest BCUT2D eigenvalue weighted by Crippen LogP contribution is -2.15. The molecule has 1 aliphatic carbocycles. The summed E-state index contributed by atoms with van der Waals surface area (Å²) in [5.74, 6) is -0.766. The first kappa shape index (κ1) is 8.87. The van der Waals surface area contributed by atoms with Gasteiger partial charge in [-0.05, 0) is 12.2 Å². The van der Waals surface area contributed by atoms with Crippen LogP contribution in [0.1, 0.15) is 6.92 Å². The van der Waals surface area contributed by atoms with E-state index in [2.05, 4.69) is 4.99 Å². The van der Waals surface area contributed by atoms with E-state index in [-0.39, 0.29) is 16.5 Å². The molecular formula is C8H6ClNO2. The molecule has 0 fully saturated rings. The van der Waals surface area contributed by atoms with E-state index in [1.807, 2.05) is 0 Å². The summed E-state index contributed by atoms with van der Waals surface area (Å²) in [5, 5.41) is 0.206. The van der Waals surface area contributed by atoms with Gasteiger partial charge < -0.3 is 0 Å². The van der Waals surface area contributed by atoms with E-state index in [0.29, 0.717) is 0 Å². The molecule has 0 saturated carbocycles. The van der Waals surface area contributed by atoms with Crippen molar-refractivity contribution in [2.24, 2.45) is 4.99 Å². The van der Waals surface area contributed by atoms with Crippen molar-refractivity contribution >= 4 is 29.0 Å². The highest BCUT2D eigenvalue weighted by Crippen LogP contribution is 2.11. The van der Waals surface area contributed by atoms with Gasteiger partial charge >= 0.3 is 0 Å². The normalized spacial score (nSPS) is 19.7. The Kier molecular flexibility index (Phi) is 2.55. The average molecular weight is 184 g/mol. The molecule has 0 aromatic heterocycles. The molecule has 0 bridgehead atoms. The molecule has 0 aliphatic heterocycles. The molecule has 0 N–H and O–H groups in total. The molecule has 0 radical (unpaired) electrons. The van der Waals surface area contributed by atoms with E-state index in [1.54, 1.807) is 0 Å². The van der Waals surface area contributed by atoms with Crippen molar-refractivity contribution in [3.8, 4) is 0 Å². The van der Waals surface area contributed by atoms with Gasteiger partial charge in [0.05, 0.1) is 5.03 Å². The van der Waals surface area contributed by atoms with E-state index in [9.17, 15) is 9.59 Å². The molecule has 62 valence electrons. The molecule has 1 aliphatic rings. The second-order valence-electron chi connectivity index (χ2n) is 2.22. The summed E-state index contributed by atoms with van der Waals surface area (Å²) in [6.45, 7) is 1.27. The van der Waals surface area contributed by atoms with Gasteiger partial charge in [-0.1, -0.05) is 17.7 Å². The van der Waals surface area contributed by atoms with Crippen LogP contribution in [0.15, 0.2) is 28.3 Å². The molecule has 1 amide bonds. The zero-order valence-electron chi connectivity index (χ0n) is 6.37. The van der Waals surface area contributed by atoms with Gasteiger partial charge in [-0.3, -0.25) is 9.59 Å². The number of rotatable bonds is 0. The Balaban J connectivity index is 3.05. The number of amides is 1. The highest BCUT2D eigenvalue weighted by molar-refractivity contribution is 6.63. The van der Waals surface area contributed by atoms with Gasteiger partial charge in [0.1, 0.15) is 5.71 Å². The van der Waals surface area contributed by atoms with Gasteiger partial charge in [0, 0.05) is 6.92 Å². The fraction of sp³-hybridized carbons (Fsp3) is 0.125. The van der Waals surface area contributed by atoms with Gasteiger partial charge in [-0.15, -0.1) is 0 Å². The lowest BCUT2D eigenvalue weighted by Gasteiger charge is -2.02. The molecule has 12 heavy (non-hydrogen) atoms. The van der Waals surface area contributed by atoms with Gasteiger partial charge in [0.15, 0.2) is 0 Å². The smallest absolute Gasteiger partial charge is 0.243 e. The molecule has 0 saturated heterocycles. The molecule has 0 spiro atoms. The fourth-order valence-electron chi connectivity index (χ4n) is 0.762. The lowest BCUT2D eigenvalue weighted by molar-refractivity contribution is -0.116. The number of carbonyl (C=O) groups excluding carboxylic acids is 2. The summed E-state index contributed by atoms with van der Waals surface area (Å²) in [5.41, 5.74) is 0.0201. The number of hydrogen-bond donors (Lipinski definition) is 0. The SMILES string of the molecule is CC(=O)N=C1C(=O)C=CC=C1Cl. The van der Waals surface area contributed by atoms with Crippen LogP contribution in [0.3, 0.4) is 0 Å². The number of carbonyl (C=O) groups is 2. The van der Waals surface area contributed by atoms with E-state index >= 15 is 0 Å². The molecule has 1 rings (SSSR count). The molecule has 0 heterocycles. The summed E-state index contributed by atoms with van der Waals surface area (Å²) in [6, 6.07) is 0. The van der Waals surface area contributed by atoms with Crippen LogP contribution >= 0.6 is 11.6 Å². The molecule has 0 atom stereocenters. The first-order valence-corrected chi connectivity index (χ1v) is 3.67. The summed E-state index contributed by atoms with van der Waals surface area (Å²) in [7, 11) is 0. The minimum Gasteiger partial charge on any atom is -0.287 e. The quantitative estimate of drug-likeness (QED) is 0.531. The van der Waals surface area contributed by atoms with Crippen LogP contribution in [0, 0.1) is 0 Å². The summed E-state index contributed by atoms with van der Waals surface area (Å²) in [6.07, 6.45) is 4.35. The van der Waals surface area contributed by atoms with Crippen LogP contribution in [0.4, 0.5) is 0 Å². The van der Waals surface area contributed by atoms with Crippen molar-refractivity contribution < 1.29 is 9.59 Å². The maximum atomic E-state index is 11.0. The topological polar surface area (TPSA) is 46.5 Å². The average Bonchev–Trinajstić information content (AvgIpc) is 1.97. The van der Waals surface area contributed by atoms with Gasteiger partial charge in [-0.2, -0.15) is 0 Å². The predicted octanol–water partition coefficient (Wildman–Crippen LogP) is 1.24. The highest BCUT2D eigenvalue weighted by Gasteiger charge is 2.15. The van der Waals surface area contributed by atoms with E-state index in [0.717, 1.165) is 0 Å². The minimum absolute atomic E-state index is 0.0201. The third-order valence-electron chi connectivity index (χ3n) is 1.22. The number of nitrogens with zero attached hydrogens (tertiary/aromatic N) is 1. The summed E-state index contributed by atoms with van der Waals surface area (Å²) in [4.78, 5) is 25.1. The first-order valence-electron chi connectivity index (χ1n) is 3.29. The predicted molar refractivity (Wildman–Crippen MR) is 46.2 cm³/mol. The Morgan fingerprint density at radius 1 is 1.58 bits per heavy atom. The molecular weight excluding hydrogens is 178 g/mol. The Labute approximate surface area is 74.4 Å². The maximum absolute atomic E-state index is 11.0. The zero-order chi connectivity index (χ0) is 9.14. The second-order valence-corrected chi connectivity index (χ2v) is 2.62. The van der Waals surface area contributed by atoms with E-state index in [4.69, 9.17) is 11.6 Å². The summed E-state index contributed by atoms with van der Waals surface area (Å²) < 4.78 is 0. The van der Waals surface area contributed by atoms with Gasteiger partial charge in [0.25, 0.3) is 0 Å². The Morgan fingerprint density at radius 3 is 2.75 bits per heavy atom. The number of aliphatic imine (C=N–C) groups is 1. The fourth-order valence-corrected chi connectivity index (χ4v) is 0.970. The van der Waals surface area contributed by atoms with Crippen molar-refractivity contribution in [3.05, 3.63) is 23.3 Å². The van der Waals surface area contributed by atoms with Crippen molar-refractivity contribution in [2.45, 2.75) is 6.92 Å². The van der Waals surface area contributed by atoms with Crippen LogP contribution in [-0.4, -0.2) is 17.4 Å². The van der Waals surface area contributed by atoms with Crippen LogP contribution in [0.25, 0.3) is 0 Å². The third kappa shape index (κ3) is 1.89. The van der Waals surface area contributed by atoms with Crippen molar-refractivity contribution in [1.29, 1.82) is 0 Å². The van der Waals surface area contributed by atoms with Crippen molar-refractivity contribution in [1.82, 2.24) is 0 Å². The van der Waals surface area contributed by atoms with E-state index in [1.165, 1.54) is 25.2 Å². The molecule has 0 aromatic carbocycles. The number of allylic oxidation sites excluding steroid dienone is 4. The molecule has 4 heteroatoms. The monoisotopic (exact) mass is 183 g/mol. The Hall–Kier alpha value is -1.22. The van der Waals surface area contributed by atoms with Crippen LogP contribution in [0.2, 0.25) is 0 Å². The molecule has 3 nitrogen and oxygen atoms in total. The standard InChI is InChI=1S/C8H6ClNO2/c1-5(11)10-8-6(9)3-2-4-7(8)12/h2-4H,1H3.